The molecule has 1 N–H and O–H groups in total. The first-order valence-corrected chi connectivity index (χ1v) is 13.3. The van der Waals surface area contributed by atoms with Gasteiger partial charge in [0.25, 0.3) is 0 Å². The molecule has 2 aliphatic heterocycles. The Morgan fingerprint density at radius 2 is 1.63 bits per heavy atom. The molecule has 0 amide bonds. The van der Waals surface area contributed by atoms with Crippen LogP contribution in [-0.4, -0.2) is 29.7 Å². The fourth-order valence-corrected chi connectivity index (χ4v) is 10.3. The maximum absolute atomic E-state index is 10.3. The summed E-state index contributed by atoms with van der Waals surface area (Å²) in [6, 6.07) is 0. The van der Waals surface area contributed by atoms with Crippen LogP contribution in [0.25, 0.3) is 0 Å². The summed E-state index contributed by atoms with van der Waals surface area (Å²) in [4.78, 5) is 0. The van der Waals surface area contributed by atoms with E-state index in [-0.39, 0.29) is 11.9 Å². The second-order valence-corrected chi connectivity index (χ2v) is 13.1. The average Bonchev–Trinajstić information content (AvgIpc) is 3.16. The Kier molecular flexibility index (Phi) is 4.58. The molecule has 0 bridgehead atoms. The van der Waals surface area contributed by atoms with Gasteiger partial charge in [-0.25, -0.2) is 0 Å². The van der Waals surface area contributed by atoms with Gasteiger partial charge in [0, 0.05) is 12.3 Å². The molecule has 0 aromatic carbocycles. The number of fused-ring (bicyclic) bond motifs is 7. The molecule has 1 spiro atoms. The average molecular weight is 417 g/mol. The van der Waals surface area contributed by atoms with Crippen molar-refractivity contribution in [3.63, 3.8) is 0 Å². The van der Waals surface area contributed by atoms with E-state index >= 15 is 0 Å². The first-order chi connectivity index (χ1) is 14.3. The molecule has 0 unspecified atom stereocenters. The molecule has 3 heteroatoms. The van der Waals surface area contributed by atoms with E-state index in [0.29, 0.717) is 34.7 Å². The van der Waals surface area contributed by atoms with Crippen molar-refractivity contribution in [3.8, 4) is 0 Å². The lowest BCUT2D eigenvalue weighted by Crippen LogP contribution is -2.55. The van der Waals surface area contributed by atoms with Crippen LogP contribution in [0.2, 0.25) is 0 Å². The van der Waals surface area contributed by atoms with E-state index in [1.165, 1.54) is 44.9 Å². The topological polar surface area (TPSA) is 38.7 Å². The van der Waals surface area contributed by atoms with E-state index in [1.807, 2.05) is 0 Å². The predicted octanol–water partition coefficient (Wildman–Crippen LogP) is 5.79. The fraction of sp³-hybridized carbons (Fsp3) is 1.00. The number of aliphatic hydroxyl groups is 1. The van der Waals surface area contributed by atoms with Gasteiger partial charge in [-0.05, 0) is 104 Å². The van der Waals surface area contributed by atoms with Gasteiger partial charge in [-0.1, -0.05) is 27.7 Å². The lowest BCUT2D eigenvalue weighted by molar-refractivity contribution is -0.273. The third kappa shape index (κ3) is 2.61. The van der Waals surface area contributed by atoms with Crippen molar-refractivity contribution in [1.82, 2.24) is 0 Å². The van der Waals surface area contributed by atoms with Crippen molar-refractivity contribution >= 4 is 0 Å². The molecular formula is C27H44O3. The lowest BCUT2D eigenvalue weighted by Gasteiger charge is -2.61. The van der Waals surface area contributed by atoms with Gasteiger partial charge in [0.1, 0.15) is 0 Å². The minimum atomic E-state index is -0.282. The summed E-state index contributed by atoms with van der Waals surface area (Å²) < 4.78 is 13.4. The zero-order valence-corrected chi connectivity index (χ0v) is 19.7. The third-order valence-corrected chi connectivity index (χ3v) is 11.9. The van der Waals surface area contributed by atoms with Crippen LogP contribution < -0.4 is 0 Å². The lowest BCUT2D eigenvalue weighted by atomic mass is 9.44. The van der Waals surface area contributed by atoms with Gasteiger partial charge in [0.15, 0.2) is 5.79 Å². The molecule has 6 fully saturated rings. The standard InChI is InChI=1S/C27H44O3/c1-16-7-12-27(29-15-16)17(2)24-23(30-27)14-22-20-6-5-18-13-19(28)8-10-25(18,3)21(20)9-11-26(22,24)4/h16-24,28H,5-15H2,1-4H3/t16-,17+,18-,19-,20-,21+,22-,23+,24+,25+,26+,27-/m1/s1. The van der Waals surface area contributed by atoms with Crippen LogP contribution in [0, 0.1) is 52.3 Å². The van der Waals surface area contributed by atoms with Crippen molar-refractivity contribution in [3.05, 3.63) is 0 Å². The molecule has 30 heavy (non-hydrogen) atoms. The Morgan fingerprint density at radius 3 is 2.40 bits per heavy atom. The second kappa shape index (κ2) is 6.70. The summed E-state index contributed by atoms with van der Waals surface area (Å²) in [6.07, 6.45) is 12.9. The van der Waals surface area contributed by atoms with Crippen LogP contribution in [0.15, 0.2) is 0 Å². The Balaban J connectivity index is 1.26. The van der Waals surface area contributed by atoms with E-state index in [9.17, 15) is 5.11 Å². The van der Waals surface area contributed by atoms with Crippen molar-refractivity contribution in [2.24, 2.45) is 52.3 Å². The van der Waals surface area contributed by atoms with E-state index in [1.54, 1.807) is 0 Å². The molecule has 2 heterocycles. The van der Waals surface area contributed by atoms with Crippen molar-refractivity contribution < 1.29 is 14.6 Å². The quantitative estimate of drug-likeness (QED) is 0.543. The Bertz CT molecular complexity index is 684. The highest BCUT2D eigenvalue weighted by molar-refractivity contribution is 5.15. The second-order valence-electron chi connectivity index (χ2n) is 13.1. The van der Waals surface area contributed by atoms with E-state index in [0.717, 1.165) is 49.5 Å². The van der Waals surface area contributed by atoms with E-state index in [2.05, 4.69) is 27.7 Å². The minimum Gasteiger partial charge on any atom is -0.393 e. The third-order valence-electron chi connectivity index (χ3n) is 11.9. The molecule has 0 aromatic rings. The zero-order chi connectivity index (χ0) is 20.9. The van der Waals surface area contributed by atoms with Gasteiger partial charge in [-0.2, -0.15) is 0 Å². The van der Waals surface area contributed by atoms with Crippen LogP contribution in [0.5, 0.6) is 0 Å². The van der Waals surface area contributed by atoms with E-state index < -0.39 is 0 Å². The molecule has 0 aromatic heterocycles. The summed E-state index contributed by atoms with van der Waals surface area (Å²) in [6.45, 7) is 10.9. The predicted molar refractivity (Wildman–Crippen MR) is 118 cm³/mol. The summed E-state index contributed by atoms with van der Waals surface area (Å²) in [7, 11) is 0. The Hall–Kier alpha value is -0.120. The summed E-state index contributed by atoms with van der Waals surface area (Å²) in [5.41, 5.74) is 0.899. The molecule has 4 saturated carbocycles. The number of ether oxygens (including phenoxy) is 2. The van der Waals surface area contributed by atoms with Crippen LogP contribution in [0.4, 0.5) is 0 Å². The van der Waals surface area contributed by atoms with Gasteiger partial charge < -0.3 is 14.6 Å². The fourth-order valence-electron chi connectivity index (χ4n) is 10.3. The summed E-state index contributed by atoms with van der Waals surface area (Å²) in [5, 5.41) is 10.3. The number of hydrogen-bond acceptors (Lipinski definition) is 3. The highest BCUT2D eigenvalue weighted by atomic mass is 16.7. The number of hydrogen-bond donors (Lipinski definition) is 1. The van der Waals surface area contributed by atoms with Crippen molar-refractivity contribution in [2.45, 2.75) is 110 Å². The Morgan fingerprint density at radius 1 is 0.833 bits per heavy atom. The van der Waals surface area contributed by atoms with Crippen LogP contribution >= 0.6 is 0 Å². The van der Waals surface area contributed by atoms with Gasteiger partial charge in [0.2, 0.25) is 0 Å². The van der Waals surface area contributed by atoms with E-state index in [4.69, 9.17) is 9.47 Å². The molecule has 12 atom stereocenters. The molecule has 0 radical (unpaired) electrons. The molecular weight excluding hydrogens is 372 g/mol. The first-order valence-electron chi connectivity index (χ1n) is 13.3. The van der Waals surface area contributed by atoms with Crippen LogP contribution in [0.1, 0.15) is 91.9 Å². The van der Waals surface area contributed by atoms with Crippen LogP contribution in [-0.2, 0) is 9.47 Å². The Labute approximate surface area is 183 Å². The number of aliphatic hydroxyl groups excluding tert-OH is 1. The maximum Gasteiger partial charge on any atom is 0.171 e. The molecule has 4 aliphatic carbocycles. The largest absolute Gasteiger partial charge is 0.393 e. The minimum absolute atomic E-state index is 0.0389. The summed E-state index contributed by atoms with van der Waals surface area (Å²) in [5.74, 6) is 4.93. The highest BCUT2D eigenvalue weighted by Crippen LogP contribution is 2.71. The molecule has 3 nitrogen and oxygen atoms in total. The van der Waals surface area contributed by atoms with Crippen LogP contribution in [0.3, 0.4) is 0 Å². The van der Waals surface area contributed by atoms with Crippen molar-refractivity contribution in [2.75, 3.05) is 6.61 Å². The maximum atomic E-state index is 10.3. The van der Waals surface area contributed by atoms with Gasteiger partial charge in [-0.3, -0.25) is 0 Å². The van der Waals surface area contributed by atoms with Crippen molar-refractivity contribution in [1.29, 1.82) is 0 Å². The zero-order valence-electron chi connectivity index (χ0n) is 19.7. The molecule has 6 aliphatic rings. The molecule has 170 valence electrons. The smallest absolute Gasteiger partial charge is 0.171 e. The summed E-state index contributed by atoms with van der Waals surface area (Å²) >= 11 is 0. The van der Waals surface area contributed by atoms with Gasteiger partial charge in [0.05, 0.1) is 18.8 Å². The molecule has 2 saturated heterocycles. The monoisotopic (exact) mass is 416 g/mol. The highest BCUT2D eigenvalue weighted by Gasteiger charge is 2.69. The normalized spacial score (nSPS) is 62.5. The van der Waals surface area contributed by atoms with Gasteiger partial charge >= 0.3 is 0 Å². The molecule has 6 rings (SSSR count). The first kappa shape index (κ1) is 20.5. The van der Waals surface area contributed by atoms with Gasteiger partial charge in [-0.15, -0.1) is 0 Å². The number of rotatable bonds is 0. The SMILES string of the molecule is C[C@@H]1CC[C@@]2(OC1)O[C@H]1C[C@@H]3[C@@H]4CC[C@@H]5C[C@H](O)CC[C@]5(C)[C@H]4CC[C@]3(C)[C@H]1[C@@H]2C.